The zero-order valence-corrected chi connectivity index (χ0v) is 24.6. The van der Waals surface area contributed by atoms with Crippen molar-refractivity contribution in [3.8, 4) is 5.75 Å². The van der Waals surface area contributed by atoms with Crippen LogP contribution in [0.5, 0.6) is 5.75 Å². The minimum absolute atomic E-state index is 0.0340. The average Bonchev–Trinajstić information content (AvgIpc) is 3.10. The summed E-state index contributed by atoms with van der Waals surface area (Å²) in [6.45, 7) is 7.58. The molecule has 2 aromatic rings. The number of allylic oxidation sites excluding steroid dienone is 2. The lowest BCUT2D eigenvalue weighted by molar-refractivity contribution is -0.139. The lowest BCUT2D eigenvalue weighted by atomic mass is 9.88. The van der Waals surface area contributed by atoms with Crippen LogP contribution in [0.2, 0.25) is 5.02 Å². The summed E-state index contributed by atoms with van der Waals surface area (Å²) in [5, 5.41) is 24.3. The molecule has 3 aliphatic heterocycles. The zero-order chi connectivity index (χ0) is 29.0. The number of fused-ring (bicyclic) bond motifs is 2. The maximum atomic E-state index is 11.6. The molecule has 3 N–H and O–H groups in total. The van der Waals surface area contributed by atoms with Gasteiger partial charge >= 0.3 is 5.97 Å². The van der Waals surface area contributed by atoms with Gasteiger partial charge < -0.3 is 25.2 Å². The Morgan fingerprint density at radius 3 is 2.66 bits per heavy atom. The Kier molecular flexibility index (Phi) is 9.19. The lowest BCUT2D eigenvalue weighted by Gasteiger charge is -2.38. The van der Waals surface area contributed by atoms with Crippen LogP contribution in [0.4, 0.5) is 0 Å². The van der Waals surface area contributed by atoms with Crippen molar-refractivity contribution in [3.05, 3.63) is 94.2 Å². The van der Waals surface area contributed by atoms with Crippen molar-refractivity contribution in [2.24, 2.45) is 0 Å². The Morgan fingerprint density at radius 2 is 1.95 bits per heavy atom. The van der Waals surface area contributed by atoms with E-state index in [1.807, 2.05) is 48.7 Å². The molecule has 0 aromatic heterocycles. The van der Waals surface area contributed by atoms with Crippen LogP contribution in [-0.4, -0.2) is 70.9 Å². The fraction of sp³-hybridized carbons (Fsp3) is 0.424. The molecule has 7 nitrogen and oxygen atoms in total. The summed E-state index contributed by atoms with van der Waals surface area (Å²) in [6, 6.07) is 13.9. The number of aliphatic carboxylic acids is 1. The van der Waals surface area contributed by atoms with Gasteiger partial charge in [0, 0.05) is 29.7 Å². The van der Waals surface area contributed by atoms with Crippen molar-refractivity contribution < 1.29 is 19.7 Å². The van der Waals surface area contributed by atoms with Crippen LogP contribution in [0.25, 0.3) is 5.57 Å². The zero-order valence-electron chi connectivity index (χ0n) is 23.9. The van der Waals surface area contributed by atoms with E-state index in [1.54, 1.807) is 13.8 Å². The van der Waals surface area contributed by atoms with E-state index in [0.717, 1.165) is 66.9 Å². The molecule has 1 fully saturated rings. The summed E-state index contributed by atoms with van der Waals surface area (Å²) in [7, 11) is 0. The number of hydrogen-bond donors (Lipinski definition) is 3. The fourth-order valence-corrected chi connectivity index (χ4v) is 6.09. The molecule has 41 heavy (non-hydrogen) atoms. The van der Waals surface area contributed by atoms with Crippen molar-refractivity contribution in [3.63, 3.8) is 0 Å². The second-order valence-corrected chi connectivity index (χ2v) is 12.1. The highest BCUT2D eigenvalue weighted by atomic mass is 35.5. The molecular weight excluding hydrogens is 538 g/mol. The van der Waals surface area contributed by atoms with Crippen molar-refractivity contribution in [2.45, 2.75) is 57.3 Å². The molecule has 3 heterocycles. The average molecular weight is 578 g/mol. The predicted octanol–water partition coefficient (Wildman–Crippen LogP) is 5.20. The SMILES string of the molecule is CC(C)(O)c1ccc2c(c1)/C(=C/CCN1CCC(N(CC(=O)O)Cc3ccc(Cl)cc3)CC1)C1=CC=CNC1CO2. The molecule has 0 amide bonds. The Labute approximate surface area is 247 Å². The van der Waals surface area contributed by atoms with E-state index in [1.165, 1.54) is 5.57 Å². The Balaban J connectivity index is 1.26. The smallest absolute Gasteiger partial charge is 0.317 e. The van der Waals surface area contributed by atoms with Crippen molar-refractivity contribution in [1.29, 1.82) is 0 Å². The normalized spacial score (nSPS) is 20.6. The first-order chi connectivity index (χ1) is 19.7. The lowest BCUT2D eigenvalue weighted by Crippen LogP contribution is -2.46. The van der Waals surface area contributed by atoms with E-state index < -0.39 is 11.6 Å². The summed E-state index contributed by atoms with van der Waals surface area (Å²) >= 11 is 6.04. The number of dihydropyridines is 1. The minimum Gasteiger partial charge on any atom is -0.490 e. The molecule has 2 aromatic carbocycles. The maximum Gasteiger partial charge on any atom is 0.317 e. The first-order valence-corrected chi connectivity index (χ1v) is 14.8. The van der Waals surface area contributed by atoms with Crippen LogP contribution in [0.15, 0.2) is 72.5 Å². The molecular formula is C33H40ClN3O4. The molecule has 0 saturated carbocycles. The number of carbonyl (C=O) groups is 1. The second kappa shape index (κ2) is 12.8. The van der Waals surface area contributed by atoms with Gasteiger partial charge in [-0.15, -0.1) is 0 Å². The van der Waals surface area contributed by atoms with Crippen LogP contribution >= 0.6 is 11.6 Å². The molecule has 0 aliphatic carbocycles. The van der Waals surface area contributed by atoms with Crippen molar-refractivity contribution >= 4 is 23.1 Å². The molecule has 0 spiro atoms. The van der Waals surface area contributed by atoms with E-state index in [4.69, 9.17) is 16.3 Å². The fourth-order valence-electron chi connectivity index (χ4n) is 5.96. The third-order valence-electron chi connectivity index (χ3n) is 8.24. The van der Waals surface area contributed by atoms with Gasteiger partial charge in [0.25, 0.3) is 0 Å². The standard InChI is InChI=1S/C33H40ClN3O4/c1-33(2,40)24-9-12-31-29(19-24)27(28-5-3-15-35-30(28)22-41-31)6-4-16-36-17-13-26(14-18-36)37(21-32(38)39)20-23-7-10-25(34)11-8-23/h3,5-12,15,19,26,30,35,40H,4,13-14,16-18,20-22H2,1-2H3,(H,38,39)/b27-6+. The molecule has 8 heteroatoms. The molecule has 5 rings (SSSR count). The van der Waals surface area contributed by atoms with Gasteiger partial charge in [-0.3, -0.25) is 9.69 Å². The van der Waals surface area contributed by atoms with Crippen LogP contribution in [0.3, 0.4) is 0 Å². The van der Waals surface area contributed by atoms with Gasteiger partial charge in [-0.2, -0.15) is 0 Å². The first kappa shape index (κ1) is 29.4. The summed E-state index contributed by atoms with van der Waals surface area (Å²) in [5.74, 6) is 0.0365. The van der Waals surface area contributed by atoms with Crippen LogP contribution < -0.4 is 10.1 Å². The van der Waals surface area contributed by atoms with Crippen molar-refractivity contribution in [2.75, 3.05) is 32.8 Å². The predicted molar refractivity (Wildman–Crippen MR) is 163 cm³/mol. The van der Waals surface area contributed by atoms with Gasteiger partial charge in [-0.05, 0) is 105 Å². The topological polar surface area (TPSA) is 85.3 Å². The Morgan fingerprint density at radius 1 is 1.20 bits per heavy atom. The van der Waals surface area contributed by atoms with E-state index in [9.17, 15) is 15.0 Å². The molecule has 1 atom stereocenters. The number of ether oxygens (including phenoxy) is 1. The number of benzene rings is 2. The third-order valence-corrected chi connectivity index (χ3v) is 8.49. The summed E-state index contributed by atoms with van der Waals surface area (Å²) < 4.78 is 6.20. The molecule has 0 bridgehead atoms. The molecule has 1 saturated heterocycles. The highest BCUT2D eigenvalue weighted by Gasteiger charge is 2.29. The molecule has 3 aliphatic rings. The number of carboxylic acid groups (broad SMARTS) is 1. The molecule has 218 valence electrons. The highest BCUT2D eigenvalue weighted by molar-refractivity contribution is 6.30. The quantitative estimate of drug-likeness (QED) is 0.378. The van der Waals surface area contributed by atoms with Gasteiger partial charge in [0.15, 0.2) is 0 Å². The number of nitrogens with one attached hydrogen (secondary N) is 1. The largest absolute Gasteiger partial charge is 0.490 e. The van der Waals surface area contributed by atoms with E-state index in [0.29, 0.717) is 18.2 Å². The third kappa shape index (κ3) is 7.41. The summed E-state index contributed by atoms with van der Waals surface area (Å²) in [4.78, 5) is 16.2. The van der Waals surface area contributed by atoms with E-state index >= 15 is 0 Å². The summed E-state index contributed by atoms with van der Waals surface area (Å²) in [5.41, 5.74) is 4.35. The molecule has 1 unspecified atom stereocenters. The first-order valence-electron chi connectivity index (χ1n) is 14.4. The Bertz CT molecular complexity index is 1320. The Hall–Kier alpha value is -3.10. The van der Waals surface area contributed by atoms with Gasteiger partial charge in [0.2, 0.25) is 0 Å². The number of aliphatic hydroxyl groups is 1. The number of carboxylic acids is 1. The number of halogens is 1. The highest BCUT2D eigenvalue weighted by Crippen LogP contribution is 2.39. The minimum atomic E-state index is -0.947. The van der Waals surface area contributed by atoms with E-state index in [2.05, 4.69) is 33.3 Å². The van der Waals surface area contributed by atoms with E-state index in [-0.39, 0.29) is 18.6 Å². The van der Waals surface area contributed by atoms with Crippen LogP contribution in [-0.2, 0) is 16.9 Å². The number of nitrogens with zero attached hydrogens (tertiary/aromatic N) is 2. The maximum absolute atomic E-state index is 11.6. The van der Waals surface area contributed by atoms with Gasteiger partial charge in [0.1, 0.15) is 12.4 Å². The second-order valence-electron chi connectivity index (χ2n) is 11.7. The van der Waals surface area contributed by atoms with Crippen molar-refractivity contribution in [1.82, 2.24) is 15.1 Å². The summed E-state index contributed by atoms with van der Waals surface area (Å²) in [6.07, 6.45) is 11.2. The number of rotatable bonds is 9. The number of hydrogen-bond acceptors (Lipinski definition) is 6. The molecule has 0 radical (unpaired) electrons. The van der Waals surface area contributed by atoms with Gasteiger partial charge in [0.05, 0.1) is 18.2 Å². The number of piperidine rings is 1. The van der Waals surface area contributed by atoms with Crippen LogP contribution in [0, 0.1) is 0 Å². The van der Waals surface area contributed by atoms with Gasteiger partial charge in [-0.25, -0.2) is 0 Å². The van der Waals surface area contributed by atoms with Gasteiger partial charge in [-0.1, -0.05) is 42.0 Å². The van der Waals surface area contributed by atoms with Crippen LogP contribution in [0.1, 0.15) is 49.8 Å². The number of likely N-dealkylation sites (tertiary alicyclic amines) is 1. The monoisotopic (exact) mass is 577 g/mol.